The van der Waals surface area contributed by atoms with Crippen molar-refractivity contribution in [2.45, 2.75) is 17.4 Å². The van der Waals surface area contributed by atoms with Gasteiger partial charge in [0.2, 0.25) is 0 Å². The van der Waals surface area contributed by atoms with E-state index in [0.717, 1.165) is 9.37 Å². The summed E-state index contributed by atoms with van der Waals surface area (Å²) in [5.41, 5.74) is -0.676. The molecule has 1 aliphatic heterocycles. The van der Waals surface area contributed by atoms with Gasteiger partial charge in [0.25, 0.3) is 0 Å². The molecule has 2 rings (SSSR count). The molecule has 0 radical (unpaired) electrons. The lowest BCUT2D eigenvalue weighted by Crippen LogP contribution is -2.59. The van der Waals surface area contributed by atoms with E-state index in [1.165, 1.54) is 0 Å². The van der Waals surface area contributed by atoms with Gasteiger partial charge in [0, 0.05) is 17.6 Å². The van der Waals surface area contributed by atoms with Gasteiger partial charge in [0.1, 0.15) is 11.0 Å². The average Bonchev–Trinajstić information content (AvgIpc) is 2.14. The number of aliphatic hydroxyl groups is 1. The summed E-state index contributed by atoms with van der Waals surface area (Å²) in [4.78, 5) is 0.772. The second-order valence-electron chi connectivity index (χ2n) is 4.00. The fourth-order valence-electron chi connectivity index (χ4n) is 1.53. The van der Waals surface area contributed by atoms with Crippen LogP contribution >= 0.6 is 15.9 Å². The zero-order chi connectivity index (χ0) is 11.1. The molecule has 90 valence electrons. The Morgan fingerprint density at radius 3 is 2.31 bits per heavy atom. The third kappa shape index (κ3) is 2.89. The van der Waals surface area contributed by atoms with Crippen LogP contribution in [0.2, 0.25) is 0 Å². The van der Waals surface area contributed by atoms with Crippen molar-refractivity contribution in [1.29, 1.82) is 0 Å². The molecule has 1 heterocycles. The molecule has 3 N–H and O–H groups in total. The normalized spacial score (nSPS) is 20.7. The lowest BCUT2D eigenvalue weighted by Gasteiger charge is -2.42. The van der Waals surface area contributed by atoms with Gasteiger partial charge in [-0.15, -0.1) is 0 Å². The number of halogens is 1. The Morgan fingerprint density at radius 1 is 1.38 bits per heavy atom. The third-order valence-corrected chi connectivity index (χ3v) is 4.22. The van der Waals surface area contributed by atoms with Crippen LogP contribution in [0.25, 0.3) is 0 Å². The zero-order valence-electron chi connectivity index (χ0n) is 8.81. The van der Waals surface area contributed by atoms with E-state index in [2.05, 4.69) is 15.9 Å². The molecule has 6 heteroatoms. The minimum Gasteiger partial charge on any atom is -0.412 e. The van der Waals surface area contributed by atoms with Crippen molar-refractivity contribution in [3.63, 3.8) is 0 Å². The quantitative estimate of drug-likeness (QED) is 0.874. The zero-order valence-corrected chi connectivity index (χ0v) is 11.2. The molecule has 0 aliphatic carbocycles. The van der Waals surface area contributed by atoms with E-state index in [4.69, 9.17) is 0 Å². The van der Waals surface area contributed by atoms with Crippen molar-refractivity contribution in [2.75, 3.05) is 13.1 Å². The molecular formula is C10H14BrNO3S. The van der Waals surface area contributed by atoms with Crippen LogP contribution in [0.15, 0.2) is 33.6 Å². The van der Waals surface area contributed by atoms with Gasteiger partial charge in [0.05, 0.1) is 10.5 Å². The first-order valence-corrected chi connectivity index (χ1v) is 6.53. The molecule has 1 saturated heterocycles. The van der Waals surface area contributed by atoms with Crippen molar-refractivity contribution in [3.8, 4) is 0 Å². The summed E-state index contributed by atoms with van der Waals surface area (Å²) in [6, 6.07) is 7.39. The molecule has 1 aliphatic rings. The van der Waals surface area contributed by atoms with Gasteiger partial charge in [-0.05, 0) is 31.2 Å². The first-order chi connectivity index (χ1) is 6.98. The highest BCUT2D eigenvalue weighted by atomic mass is 79.9. The van der Waals surface area contributed by atoms with Crippen LogP contribution < -0.4 is 0 Å². The lowest BCUT2D eigenvalue weighted by molar-refractivity contribution is -0.0403. The van der Waals surface area contributed by atoms with Gasteiger partial charge >= 0.3 is 0 Å². The molecule has 1 aromatic rings. The molecule has 4 nitrogen and oxygen atoms in total. The summed E-state index contributed by atoms with van der Waals surface area (Å²) in [5.74, 6) is 0. The molecule has 16 heavy (non-hydrogen) atoms. The number of hydrogen-bond donors (Lipinski definition) is 1. The predicted octanol–water partition coefficient (Wildman–Crippen LogP) is 0.714. The summed E-state index contributed by atoms with van der Waals surface area (Å²) in [5, 5.41) is 9.54. The van der Waals surface area contributed by atoms with Crippen molar-refractivity contribution in [2.24, 2.45) is 0 Å². The summed E-state index contributed by atoms with van der Waals surface area (Å²) in [6.07, 6.45) is 0. The van der Waals surface area contributed by atoms with Crippen LogP contribution in [0.4, 0.5) is 0 Å². The largest absolute Gasteiger partial charge is 0.412 e. The average molecular weight is 308 g/mol. The van der Waals surface area contributed by atoms with E-state index in [9.17, 15) is 9.32 Å². The minimum atomic E-state index is -1.14. The fourth-order valence-corrected chi connectivity index (χ4v) is 3.25. The van der Waals surface area contributed by atoms with E-state index >= 15 is 0 Å². The van der Waals surface area contributed by atoms with Crippen molar-refractivity contribution < 1.29 is 14.8 Å². The highest BCUT2D eigenvalue weighted by Gasteiger charge is 2.39. The van der Waals surface area contributed by atoms with Crippen LogP contribution in [0, 0.1) is 0 Å². The van der Waals surface area contributed by atoms with E-state index in [-0.39, 0.29) is 5.48 Å². The van der Waals surface area contributed by atoms with Crippen LogP contribution in [-0.2, 0) is 11.0 Å². The van der Waals surface area contributed by atoms with Crippen LogP contribution in [-0.4, -0.2) is 37.8 Å². The summed E-state index contributed by atoms with van der Waals surface area (Å²) < 4.78 is 14.7. The highest BCUT2D eigenvalue weighted by Crippen LogP contribution is 2.25. The lowest BCUT2D eigenvalue weighted by atomic mass is 10.0. The Hall–Kier alpha value is -0.270. The maximum Gasteiger partial charge on any atom is 0.127 e. The minimum absolute atomic E-state index is 0. The SMILES string of the molecule is CC1(O)CN(S(=O)c2ccc(Br)cc2)C1.O. The standard InChI is InChI=1S/C10H12BrNO2S.H2O/c1-10(13)6-12(7-10)15(14)9-4-2-8(11)3-5-9;/h2-5,13H,6-7H2,1H3;1H2. The summed E-state index contributed by atoms with van der Waals surface area (Å²) in [7, 11) is -1.14. The summed E-state index contributed by atoms with van der Waals surface area (Å²) in [6.45, 7) is 2.69. The topological polar surface area (TPSA) is 72.0 Å². The van der Waals surface area contributed by atoms with Crippen molar-refractivity contribution >= 4 is 26.9 Å². The van der Waals surface area contributed by atoms with E-state index in [1.54, 1.807) is 11.2 Å². The maximum absolute atomic E-state index is 11.9. The molecule has 0 bridgehead atoms. The number of benzene rings is 1. The Bertz CT molecular complexity index is 386. The Balaban J connectivity index is 0.00000128. The van der Waals surface area contributed by atoms with Crippen molar-refractivity contribution in [3.05, 3.63) is 28.7 Å². The van der Waals surface area contributed by atoms with Gasteiger partial charge in [-0.3, -0.25) is 0 Å². The molecule has 1 atom stereocenters. The van der Waals surface area contributed by atoms with Crippen LogP contribution in [0.5, 0.6) is 0 Å². The Morgan fingerprint density at radius 2 is 1.88 bits per heavy atom. The second kappa shape index (κ2) is 4.93. The number of hydrogen-bond acceptors (Lipinski definition) is 2. The molecule has 0 amide bonds. The number of β-amino-alcohol motifs (C(OH)–C–C–N with tert-alkyl or cyclic N) is 1. The molecule has 1 aromatic carbocycles. The van der Waals surface area contributed by atoms with Gasteiger partial charge in [0.15, 0.2) is 0 Å². The Labute approximate surface area is 105 Å². The van der Waals surface area contributed by atoms with Gasteiger partial charge in [-0.1, -0.05) is 15.9 Å². The molecule has 0 saturated carbocycles. The van der Waals surface area contributed by atoms with E-state index in [0.29, 0.717) is 13.1 Å². The third-order valence-electron chi connectivity index (χ3n) is 2.28. The van der Waals surface area contributed by atoms with E-state index in [1.807, 2.05) is 24.3 Å². The molecular weight excluding hydrogens is 294 g/mol. The first-order valence-electron chi connectivity index (χ1n) is 4.63. The van der Waals surface area contributed by atoms with Gasteiger partial charge in [-0.25, -0.2) is 8.51 Å². The highest BCUT2D eigenvalue weighted by molar-refractivity contribution is 9.10. The van der Waals surface area contributed by atoms with Crippen LogP contribution in [0.1, 0.15) is 6.92 Å². The fraction of sp³-hybridized carbons (Fsp3) is 0.400. The Kier molecular flexibility index (Phi) is 4.25. The smallest absolute Gasteiger partial charge is 0.127 e. The molecule has 1 fully saturated rings. The van der Waals surface area contributed by atoms with E-state index < -0.39 is 16.6 Å². The van der Waals surface area contributed by atoms with Crippen LogP contribution in [0.3, 0.4) is 0 Å². The molecule has 0 spiro atoms. The maximum atomic E-state index is 11.9. The number of nitrogens with zero attached hydrogens (tertiary/aromatic N) is 1. The molecule has 1 unspecified atom stereocenters. The van der Waals surface area contributed by atoms with Gasteiger partial charge in [-0.2, -0.15) is 0 Å². The predicted molar refractivity (Wildman–Crippen MR) is 66.4 cm³/mol. The monoisotopic (exact) mass is 307 g/mol. The number of rotatable bonds is 2. The molecule has 0 aromatic heterocycles. The second-order valence-corrected chi connectivity index (χ2v) is 6.40. The van der Waals surface area contributed by atoms with Gasteiger partial charge < -0.3 is 10.6 Å². The summed E-state index contributed by atoms with van der Waals surface area (Å²) >= 11 is 3.33. The van der Waals surface area contributed by atoms with Crippen molar-refractivity contribution in [1.82, 2.24) is 4.31 Å². The first kappa shape index (κ1) is 13.8.